The molecule has 0 fully saturated rings. The van der Waals surface area contributed by atoms with Crippen molar-refractivity contribution in [2.75, 3.05) is 20.3 Å². The Morgan fingerprint density at radius 2 is 1.86 bits per heavy atom. The van der Waals surface area contributed by atoms with Crippen molar-refractivity contribution in [2.24, 2.45) is 14.1 Å². The Labute approximate surface area is 156 Å². The van der Waals surface area contributed by atoms with Gasteiger partial charge in [0.1, 0.15) is 6.54 Å². The van der Waals surface area contributed by atoms with Crippen molar-refractivity contribution in [1.29, 1.82) is 0 Å². The molecule has 0 aliphatic heterocycles. The van der Waals surface area contributed by atoms with Crippen LogP contribution >= 0.6 is 0 Å². The summed E-state index contributed by atoms with van der Waals surface area (Å²) in [6, 6.07) is -1.25. The first-order chi connectivity index (χ1) is 13.2. The van der Waals surface area contributed by atoms with Gasteiger partial charge in [0.05, 0.1) is 20.3 Å². The molecule has 0 aliphatic carbocycles. The highest BCUT2D eigenvalue weighted by Crippen LogP contribution is 2.02. The summed E-state index contributed by atoms with van der Waals surface area (Å²) in [5.41, 5.74) is -1.29. The molecule has 28 heavy (non-hydrogen) atoms. The molecule has 0 unspecified atom stereocenters. The number of aliphatic hydroxyl groups is 1. The highest BCUT2D eigenvalue weighted by molar-refractivity contribution is 5.88. The number of esters is 1. The molecule has 3 N–H and O–H groups in total. The maximum atomic E-state index is 12.3. The van der Waals surface area contributed by atoms with Gasteiger partial charge in [-0.05, 0) is 0 Å². The average molecular weight is 397 g/mol. The number of aromatic nitrogens is 5. The van der Waals surface area contributed by atoms with E-state index in [9.17, 15) is 24.0 Å². The van der Waals surface area contributed by atoms with Crippen LogP contribution in [0.15, 0.2) is 9.59 Å². The molecule has 0 bridgehead atoms. The normalized spacial score (nSPS) is 11.9. The Kier molecular flexibility index (Phi) is 6.25. The second kappa shape index (κ2) is 8.43. The van der Waals surface area contributed by atoms with Gasteiger partial charge in [0, 0.05) is 14.1 Å². The van der Waals surface area contributed by atoms with Gasteiger partial charge in [-0.25, -0.2) is 14.3 Å². The number of hydrogen-bond donors (Lipinski definition) is 3. The number of carbonyl (C=O) groups excluding carboxylic acids is 3. The van der Waals surface area contributed by atoms with Crippen molar-refractivity contribution in [2.45, 2.75) is 12.6 Å². The number of hydrogen-bond acceptors (Lipinski definition) is 9. The third kappa shape index (κ3) is 4.06. The average Bonchev–Trinajstić information content (AvgIpc) is 3.10. The zero-order valence-corrected chi connectivity index (χ0v) is 15.3. The predicted octanol–water partition coefficient (Wildman–Crippen LogP) is -4.40. The van der Waals surface area contributed by atoms with E-state index in [4.69, 9.17) is 5.11 Å². The quantitative estimate of drug-likeness (QED) is 0.389. The Morgan fingerprint density at radius 1 is 1.18 bits per heavy atom. The van der Waals surface area contributed by atoms with Gasteiger partial charge in [-0.15, -0.1) is 5.10 Å². The molecule has 2 rings (SSSR count). The first-order valence-electron chi connectivity index (χ1n) is 7.95. The van der Waals surface area contributed by atoms with Crippen LogP contribution in [0, 0.1) is 0 Å². The maximum absolute atomic E-state index is 12.3. The van der Waals surface area contributed by atoms with Crippen molar-refractivity contribution < 1.29 is 24.2 Å². The first kappa shape index (κ1) is 20.8. The summed E-state index contributed by atoms with van der Waals surface area (Å²) in [5.74, 6) is -2.24. The zero-order valence-electron chi connectivity index (χ0n) is 15.3. The van der Waals surface area contributed by atoms with Crippen LogP contribution in [-0.2, 0) is 39.8 Å². The monoisotopic (exact) mass is 397 g/mol. The van der Waals surface area contributed by atoms with Gasteiger partial charge in [-0.1, -0.05) is 5.21 Å². The lowest BCUT2D eigenvalue weighted by atomic mass is 10.3. The van der Waals surface area contributed by atoms with Gasteiger partial charge < -0.3 is 20.5 Å². The van der Waals surface area contributed by atoms with Gasteiger partial charge in [0.25, 0.3) is 5.56 Å². The molecule has 1 atom stereocenters. The van der Waals surface area contributed by atoms with Crippen LogP contribution in [0.5, 0.6) is 0 Å². The third-order valence-corrected chi connectivity index (χ3v) is 3.86. The molecular weight excluding hydrogens is 378 g/mol. The summed E-state index contributed by atoms with van der Waals surface area (Å²) in [6.45, 7) is -1.59. The largest absolute Gasteiger partial charge is 0.467 e. The van der Waals surface area contributed by atoms with Gasteiger partial charge in [-0.3, -0.25) is 23.5 Å². The Hall–Kier alpha value is -3.55. The van der Waals surface area contributed by atoms with E-state index in [0.717, 1.165) is 20.9 Å². The van der Waals surface area contributed by atoms with E-state index in [1.807, 2.05) is 0 Å². The number of fused-ring (bicyclic) bond motifs is 1. The number of nitrogens with zero attached hydrogens (tertiary/aromatic N) is 5. The first-order valence-corrected chi connectivity index (χ1v) is 7.95. The second-order valence-electron chi connectivity index (χ2n) is 5.73. The van der Waals surface area contributed by atoms with Crippen molar-refractivity contribution in [1.82, 2.24) is 34.8 Å². The standard InChI is InChI=1S/C14H19N7O7/c1-19-11-10(12(25)20(2)14(19)27)21(18-17-11)5-9(24)15-4-8(23)16-7(6-22)13(26)28-3/h7,22H,4-6H2,1-3H3,(H,15,24)(H,16,23)/t7-/m0/s1. The molecule has 14 nitrogen and oxygen atoms in total. The van der Waals surface area contributed by atoms with E-state index in [1.165, 1.54) is 14.1 Å². The maximum Gasteiger partial charge on any atom is 0.332 e. The minimum atomic E-state index is -1.25. The molecule has 0 radical (unpaired) electrons. The van der Waals surface area contributed by atoms with Crippen LogP contribution in [0.2, 0.25) is 0 Å². The summed E-state index contributed by atoms with van der Waals surface area (Å²) in [6.07, 6.45) is 0. The molecule has 2 aromatic rings. The molecule has 0 saturated carbocycles. The predicted molar refractivity (Wildman–Crippen MR) is 92.1 cm³/mol. The van der Waals surface area contributed by atoms with E-state index in [2.05, 4.69) is 25.7 Å². The number of rotatable bonds is 7. The van der Waals surface area contributed by atoms with E-state index in [0.29, 0.717) is 0 Å². The van der Waals surface area contributed by atoms with Gasteiger partial charge in [0.15, 0.2) is 17.2 Å². The molecule has 0 aromatic carbocycles. The molecule has 152 valence electrons. The minimum Gasteiger partial charge on any atom is -0.467 e. The second-order valence-corrected chi connectivity index (χ2v) is 5.73. The summed E-state index contributed by atoms with van der Waals surface area (Å²) < 4.78 is 7.39. The Bertz CT molecular complexity index is 1040. The molecule has 14 heteroatoms. The number of methoxy groups -OCH3 is 1. The summed E-state index contributed by atoms with van der Waals surface area (Å²) in [5, 5.41) is 20.9. The van der Waals surface area contributed by atoms with Crippen LogP contribution in [0.1, 0.15) is 0 Å². The molecule has 2 heterocycles. The van der Waals surface area contributed by atoms with E-state index in [-0.39, 0.29) is 11.2 Å². The zero-order chi connectivity index (χ0) is 21.0. The molecule has 0 saturated heterocycles. The SMILES string of the molecule is COC(=O)[C@H](CO)NC(=O)CNC(=O)Cn1nnc2c1c(=O)n(C)c(=O)n2C. The van der Waals surface area contributed by atoms with Gasteiger partial charge in [0.2, 0.25) is 11.8 Å². The van der Waals surface area contributed by atoms with Crippen LogP contribution in [0.25, 0.3) is 11.2 Å². The summed E-state index contributed by atoms with van der Waals surface area (Å²) in [7, 11) is 3.79. The highest BCUT2D eigenvalue weighted by atomic mass is 16.5. The van der Waals surface area contributed by atoms with Crippen LogP contribution in [0.3, 0.4) is 0 Å². The smallest absolute Gasteiger partial charge is 0.332 e. The van der Waals surface area contributed by atoms with E-state index < -0.39 is 54.8 Å². The van der Waals surface area contributed by atoms with Gasteiger partial charge >= 0.3 is 11.7 Å². The van der Waals surface area contributed by atoms with E-state index >= 15 is 0 Å². The Morgan fingerprint density at radius 3 is 2.46 bits per heavy atom. The fourth-order valence-electron chi connectivity index (χ4n) is 2.35. The fourth-order valence-corrected chi connectivity index (χ4v) is 2.35. The topological polar surface area (TPSA) is 179 Å². The van der Waals surface area contributed by atoms with Crippen LogP contribution in [-0.4, -0.2) is 73.3 Å². The van der Waals surface area contributed by atoms with Crippen molar-refractivity contribution in [3.63, 3.8) is 0 Å². The fraction of sp³-hybridized carbons (Fsp3) is 0.500. The number of amides is 2. The van der Waals surface area contributed by atoms with Gasteiger partial charge in [-0.2, -0.15) is 0 Å². The lowest BCUT2D eigenvalue weighted by Gasteiger charge is -2.14. The van der Waals surface area contributed by atoms with Crippen LogP contribution in [0.4, 0.5) is 0 Å². The highest BCUT2D eigenvalue weighted by Gasteiger charge is 2.21. The number of nitrogens with one attached hydrogen (secondary N) is 2. The number of ether oxygens (including phenoxy) is 1. The minimum absolute atomic E-state index is 0.0162. The van der Waals surface area contributed by atoms with E-state index in [1.54, 1.807) is 0 Å². The van der Waals surface area contributed by atoms with Crippen molar-refractivity contribution in [3.05, 3.63) is 20.8 Å². The lowest BCUT2D eigenvalue weighted by Crippen LogP contribution is -2.48. The third-order valence-electron chi connectivity index (χ3n) is 3.86. The molecule has 0 spiro atoms. The molecule has 2 aromatic heterocycles. The molecule has 0 aliphatic rings. The van der Waals surface area contributed by atoms with Crippen LogP contribution < -0.4 is 21.9 Å². The van der Waals surface area contributed by atoms with Crippen molar-refractivity contribution >= 4 is 28.9 Å². The van der Waals surface area contributed by atoms with Crippen molar-refractivity contribution in [3.8, 4) is 0 Å². The molecular formula is C14H19N7O7. The lowest BCUT2D eigenvalue weighted by molar-refractivity contribution is -0.146. The number of carbonyl (C=O) groups is 3. The summed E-state index contributed by atoms with van der Waals surface area (Å²) in [4.78, 5) is 59.3. The Balaban J connectivity index is 2.06. The molecule has 2 amide bonds. The number of aryl methyl sites for hydroxylation is 1. The summed E-state index contributed by atoms with van der Waals surface area (Å²) >= 11 is 0. The number of aliphatic hydroxyl groups excluding tert-OH is 1.